The monoisotopic (exact) mass is 381 g/mol. The van der Waals surface area contributed by atoms with Crippen LogP contribution < -0.4 is 5.56 Å². The summed E-state index contributed by atoms with van der Waals surface area (Å²) in [4.78, 5) is 16.1. The van der Waals surface area contributed by atoms with Crippen LogP contribution in [0.3, 0.4) is 0 Å². The standard InChI is InChI=1S/C19H23N7O2/c1-7-8-9-26-17(27)13(21-6)11(2)14(18(26)28)22-24-16-12(10-20)15(23-25-16)19(3,4)5/h20,27H,7-9H2,1-5H3. The number of nitrogens with one attached hydrogen (secondary N) is 1. The highest BCUT2D eigenvalue weighted by atomic mass is 16.3. The summed E-state index contributed by atoms with van der Waals surface area (Å²) < 4.78 is 1.14. The van der Waals surface area contributed by atoms with Crippen molar-refractivity contribution in [3.05, 3.63) is 32.9 Å². The summed E-state index contributed by atoms with van der Waals surface area (Å²) in [5.74, 6) is 2.01. The summed E-state index contributed by atoms with van der Waals surface area (Å²) in [6.07, 6.45) is 1.49. The van der Waals surface area contributed by atoms with Crippen molar-refractivity contribution in [3.63, 3.8) is 0 Å². The molecule has 1 aromatic rings. The molecule has 9 nitrogen and oxygen atoms in total. The van der Waals surface area contributed by atoms with E-state index in [-0.39, 0.29) is 40.6 Å². The van der Waals surface area contributed by atoms with Gasteiger partial charge in [0.05, 0.1) is 12.3 Å². The molecule has 0 amide bonds. The van der Waals surface area contributed by atoms with Crippen LogP contribution in [-0.4, -0.2) is 27.1 Å². The number of azo groups is 1. The van der Waals surface area contributed by atoms with Crippen LogP contribution in [0.1, 0.15) is 46.1 Å². The number of aromatic nitrogens is 1. The molecule has 1 aliphatic rings. The lowest BCUT2D eigenvalue weighted by Gasteiger charge is -2.17. The summed E-state index contributed by atoms with van der Waals surface area (Å²) in [6.45, 7) is 16.9. The maximum absolute atomic E-state index is 12.8. The van der Waals surface area contributed by atoms with E-state index in [9.17, 15) is 9.90 Å². The van der Waals surface area contributed by atoms with Crippen molar-refractivity contribution >= 4 is 28.8 Å². The van der Waals surface area contributed by atoms with E-state index < -0.39 is 5.56 Å². The lowest BCUT2D eigenvalue weighted by atomic mass is 9.86. The molecule has 146 valence electrons. The minimum Gasteiger partial charge on any atom is -0.503 e. The molecule has 0 radical (unpaired) electrons. The summed E-state index contributed by atoms with van der Waals surface area (Å²) in [5.41, 5.74) is 0.137. The number of rotatable bonds is 4. The number of nitrogens with zero attached hydrogens (tertiary/aromatic N) is 6. The first kappa shape index (κ1) is 20.9. The van der Waals surface area contributed by atoms with Crippen LogP contribution >= 0.6 is 0 Å². The van der Waals surface area contributed by atoms with E-state index in [0.717, 1.165) is 11.0 Å². The highest BCUT2D eigenvalue weighted by Gasteiger charge is 2.30. The summed E-state index contributed by atoms with van der Waals surface area (Å²) in [6, 6.07) is 0. The third-order valence-electron chi connectivity index (χ3n) is 4.26. The maximum atomic E-state index is 12.8. The molecule has 28 heavy (non-hydrogen) atoms. The summed E-state index contributed by atoms with van der Waals surface area (Å²) >= 11 is 0. The number of unbranched alkanes of at least 4 members (excludes halogenated alkanes) is 1. The Balaban J connectivity index is 2.52. The average molecular weight is 381 g/mol. The SMILES string of the molecule is [C-]#[N+]c1c(C)c(N=NC2=NN=C(C(C)(C)C)C2=C=N)c(=O)n(CCCC)c1O. The van der Waals surface area contributed by atoms with Crippen molar-refractivity contribution in [2.24, 2.45) is 25.8 Å². The molecule has 0 spiro atoms. The van der Waals surface area contributed by atoms with Crippen LogP contribution in [0.5, 0.6) is 5.88 Å². The second-order valence-electron chi connectivity index (χ2n) is 7.39. The van der Waals surface area contributed by atoms with Crippen LogP contribution in [0.25, 0.3) is 4.85 Å². The number of hydrogen-bond acceptors (Lipinski definition) is 7. The molecule has 0 aromatic carbocycles. The number of amidine groups is 1. The molecular formula is C19H23N7O2. The van der Waals surface area contributed by atoms with Gasteiger partial charge in [-0.1, -0.05) is 34.1 Å². The Bertz CT molecular complexity index is 1040. The van der Waals surface area contributed by atoms with Gasteiger partial charge >= 0.3 is 0 Å². The molecule has 1 aromatic heterocycles. The van der Waals surface area contributed by atoms with Gasteiger partial charge in [-0.25, -0.2) is 4.85 Å². The molecule has 0 saturated heterocycles. The van der Waals surface area contributed by atoms with E-state index in [1.165, 1.54) is 6.92 Å². The van der Waals surface area contributed by atoms with Crippen LogP contribution in [-0.2, 0) is 6.54 Å². The Hall–Kier alpha value is -3.37. The normalized spacial score (nSPS) is 14.1. The fourth-order valence-electron chi connectivity index (χ4n) is 2.68. The fourth-order valence-corrected chi connectivity index (χ4v) is 2.68. The van der Waals surface area contributed by atoms with Crippen LogP contribution in [0.2, 0.25) is 0 Å². The Labute approximate surface area is 163 Å². The van der Waals surface area contributed by atoms with Gasteiger partial charge in [-0.3, -0.25) is 14.8 Å². The van der Waals surface area contributed by atoms with E-state index in [1.54, 1.807) is 0 Å². The molecule has 0 atom stereocenters. The number of pyridine rings is 1. The van der Waals surface area contributed by atoms with Gasteiger partial charge in [0.1, 0.15) is 11.3 Å². The molecule has 2 N–H and O–H groups in total. The first-order valence-corrected chi connectivity index (χ1v) is 8.89. The van der Waals surface area contributed by atoms with E-state index in [2.05, 4.69) is 31.1 Å². The molecule has 0 saturated carbocycles. The first-order valence-electron chi connectivity index (χ1n) is 8.89. The van der Waals surface area contributed by atoms with Gasteiger partial charge in [-0.05, 0) is 24.8 Å². The highest BCUT2D eigenvalue weighted by Crippen LogP contribution is 2.34. The van der Waals surface area contributed by atoms with E-state index in [4.69, 9.17) is 12.0 Å². The van der Waals surface area contributed by atoms with Crippen molar-refractivity contribution in [2.75, 3.05) is 0 Å². The highest BCUT2D eigenvalue weighted by molar-refractivity contribution is 6.32. The third kappa shape index (κ3) is 3.82. The van der Waals surface area contributed by atoms with Crippen LogP contribution in [0, 0.1) is 24.3 Å². The molecule has 2 rings (SSSR count). The quantitative estimate of drug-likeness (QED) is 0.459. The lowest BCUT2D eigenvalue weighted by molar-refractivity contribution is 0.405. The molecular weight excluding hydrogens is 358 g/mol. The Kier molecular flexibility index (Phi) is 6.06. The second kappa shape index (κ2) is 8.11. The summed E-state index contributed by atoms with van der Waals surface area (Å²) in [5, 5.41) is 33.8. The van der Waals surface area contributed by atoms with Crippen LogP contribution in [0.15, 0.2) is 30.8 Å². The molecule has 0 unspecified atom stereocenters. The molecule has 0 aliphatic carbocycles. The van der Waals surface area contributed by atoms with Crippen molar-refractivity contribution < 1.29 is 5.11 Å². The van der Waals surface area contributed by atoms with Gasteiger partial charge in [-0.2, -0.15) is 5.10 Å². The number of hydrogen-bond donors (Lipinski definition) is 2. The van der Waals surface area contributed by atoms with Gasteiger partial charge in [0.15, 0.2) is 5.88 Å². The molecule has 2 heterocycles. The molecule has 9 heteroatoms. The van der Waals surface area contributed by atoms with Gasteiger partial charge in [0.25, 0.3) is 5.56 Å². The fraction of sp³-hybridized carbons (Fsp3) is 0.474. The zero-order chi connectivity index (χ0) is 21.1. The van der Waals surface area contributed by atoms with Gasteiger partial charge < -0.3 is 5.11 Å². The van der Waals surface area contributed by atoms with Gasteiger partial charge in [-0.15, -0.1) is 15.3 Å². The predicted octanol–water partition coefficient (Wildman–Crippen LogP) is 4.29. The third-order valence-corrected chi connectivity index (χ3v) is 4.26. The van der Waals surface area contributed by atoms with Gasteiger partial charge in [0, 0.05) is 12.0 Å². The van der Waals surface area contributed by atoms with Crippen molar-refractivity contribution in [1.82, 2.24) is 4.57 Å². The summed E-state index contributed by atoms with van der Waals surface area (Å²) in [7, 11) is 0. The van der Waals surface area contributed by atoms with Crippen LogP contribution in [0.4, 0.5) is 11.4 Å². The maximum Gasteiger partial charge on any atom is 0.279 e. The number of aromatic hydroxyl groups is 1. The largest absolute Gasteiger partial charge is 0.503 e. The van der Waals surface area contributed by atoms with Crippen molar-refractivity contribution in [2.45, 2.75) is 54.0 Å². The zero-order valence-corrected chi connectivity index (χ0v) is 16.7. The van der Waals surface area contributed by atoms with E-state index in [0.29, 0.717) is 17.7 Å². The minimum absolute atomic E-state index is 0.0348. The average Bonchev–Trinajstić information content (AvgIpc) is 3.05. The zero-order valence-electron chi connectivity index (χ0n) is 16.7. The smallest absolute Gasteiger partial charge is 0.279 e. The predicted molar refractivity (Wildman–Crippen MR) is 108 cm³/mol. The lowest BCUT2D eigenvalue weighted by Crippen LogP contribution is -2.23. The van der Waals surface area contributed by atoms with Crippen molar-refractivity contribution in [1.29, 1.82) is 5.41 Å². The minimum atomic E-state index is -0.532. The van der Waals surface area contributed by atoms with E-state index >= 15 is 0 Å². The Morgan fingerprint density at radius 3 is 2.54 bits per heavy atom. The Morgan fingerprint density at radius 2 is 2.00 bits per heavy atom. The molecule has 0 fully saturated rings. The van der Waals surface area contributed by atoms with E-state index in [1.807, 2.05) is 27.7 Å². The second-order valence-corrected chi connectivity index (χ2v) is 7.39. The molecule has 1 aliphatic heterocycles. The topological polar surface area (TPSA) is 120 Å². The Morgan fingerprint density at radius 1 is 1.32 bits per heavy atom. The van der Waals surface area contributed by atoms with Gasteiger partial charge in [0.2, 0.25) is 11.5 Å². The molecule has 0 bridgehead atoms. The first-order chi connectivity index (χ1) is 13.2. The van der Waals surface area contributed by atoms with Crippen molar-refractivity contribution in [3.8, 4) is 5.88 Å².